The summed E-state index contributed by atoms with van der Waals surface area (Å²) in [5, 5.41) is 2.78. The van der Waals surface area contributed by atoms with Crippen LogP contribution in [0.25, 0.3) is 0 Å². The summed E-state index contributed by atoms with van der Waals surface area (Å²) in [7, 11) is -3.47. The highest BCUT2D eigenvalue weighted by molar-refractivity contribution is 7.89. The van der Waals surface area contributed by atoms with Gasteiger partial charge in [0.2, 0.25) is 15.9 Å². The van der Waals surface area contributed by atoms with E-state index in [1.54, 1.807) is 50.4 Å². The summed E-state index contributed by atoms with van der Waals surface area (Å²) in [5.74, 6) is -0.166. The summed E-state index contributed by atoms with van der Waals surface area (Å²) >= 11 is 0. The molecule has 0 unspecified atom stereocenters. The van der Waals surface area contributed by atoms with Crippen LogP contribution >= 0.6 is 0 Å². The summed E-state index contributed by atoms with van der Waals surface area (Å²) in [6.07, 6.45) is 2.37. The summed E-state index contributed by atoms with van der Waals surface area (Å²) in [4.78, 5) is 24.0. The maximum absolute atomic E-state index is 12.5. The van der Waals surface area contributed by atoms with Crippen molar-refractivity contribution in [2.45, 2.75) is 45.1 Å². The Morgan fingerprint density at radius 2 is 1.68 bits per heavy atom. The fourth-order valence-electron chi connectivity index (χ4n) is 2.87. The Bertz CT molecular complexity index is 962. The van der Waals surface area contributed by atoms with Crippen LogP contribution < -0.4 is 10.9 Å². The van der Waals surface area contributed by atoms with Crippen molar-refractivity contribution in [1.29, 1.82) is 0 Å². The minimum atomic E-state index is -3.47. The van der Waals surface area contributed by atoms with Gasteiger partial charge in [0.1, 0.15) is 0 Å². The van der Waals surface area contributed by atoms with E-state index in [4.69, 9.17) is 0 Å². The smallest absolute Gasteiger partial charge is 0.250 e. The van der Waals surface area contributed by atoms with E-state index in [0.29, 0.717) is 31.7 Å². The predicted octanol–water partition coefficient (Wildman–Crippen LogP) is 2.47. The molecule has 152 valence electrons. The van der Waals surface area contributed by atoms with Crippen molar-refractivity contribution in [3.63, 3.8) is 0 Å². The first-order chi connectivity index (χ1) is 13.3. The molecule has 1 aromatic heterocycles. The van der Waals surface area contributed by atoms with Crippen molar-refractivity contribution in [3.05, 3.63) is 58.5 Å². The summed E-state index contributed by atoms with van der Waals surface area (Å²) in [6, 6.07) is 9.64. The zero-order valence-corrected chi connectivity index (χ0v) is 17.3. The van der Waals surface area contributed by atoms with Crippen LogP contribution in [0.1, 0.15) is 32.8 Å². The van der Waals surface area contributed by atoms with Crippen molar-refractivity contribution in [3.8, 4) is 0 Å². The average molecular weight is 406 g/mol. The summed E-state index contributed by atoms with van der Waals surface area (Å²) < 4.78 is 27.9. The Hall–Kier alpha value is -2.45. The van der Waals surface area contributed by atoms with Crippen LogP contribution in [0.15, 0.2) is 52.3 Å². The highest BCUT2D eigenvalue weighted by Crippen LogP contribution is 2.17. The molecular formula is C20H27N3O4S. The van der Waals surface area contributed by atoms with Crippen LogP contribution in [0.4, 0.5) is 5.69 Å². The second-order valence-electron chi connectivity index (χ2n) is 6.32. The van der Waals surface area contributed by atoms with Gasteiger partial charge in [-0.15, -0.1) is 0 Å². The number of nitrogens with zero attached hydrogens (tertiary/aromatic N) is 2. The van der Waals surface area contributed by atoms with Crippen LogP contribution in [-0.4, -0.2) is 36.3 Å². The molecule has 0 aliphatic rings. The third-order valence-electron chi connectivity index (χ3n) is 4.52. The maximum atomic E-state index is 12.5. The van der Waals surface area contributed by atoms with Gasteiger partial charge in [0.25, 0.3) is 5.56 Å². The minimum Gasteiger partial charge on any atom is -0.325 e. The van der Waals surface area contributed by atoms with Crippen molar-refractivity contribution >= 4 is 21.6 Å². The molecule has 0 fully saturated rings. The van der Waals surface area contributed by atoms with Gasteiger partial charge in [-0.2, -0.15) is 4.31 Å². The quantitative estimate of drug-likeness (QED) is 0.694. The molecule has 1 heterocycles. The Balaban J connectivity index is 1.98. The molecule has 1 amide bonds. The van der Waals surface area contributed by atoms with Crippen LogP contribution in [0.2, 0.25) is 0 Å². The second kappa shape index (κ2) is 9.66. The number of hydrogen-bond donors (Lipinski definition) is 1. The number of amides is 1. The highest BCUT2D eigenvalue weighted by atomic mass is 32.2. The molecular weight excluding hydrogens is 378 g/mol. The first-order valence-electron chi connectivity index (χ1n) is 9.41. The second-order valence-corrected chi connectivity index (χ2v) is 8.26. The molecule has 0 bridgehead atoms. The fraction of sp³-hybridized carbons (Fsp3) is 0.400. The monoisotopic (exact) mass is 405 g/mol. The SMILES string of the molecule is CCN(CC)S(=O)(=O)c1ccc(CCC(=O)Nc2ccc(=O)n(CC)c2)cc1. The number of carbonyl (C=O) groups excluding carboxylic acids is 1. The topological polar surface area (TPSA) is 88.5 Å². The van der Waals surface area contributed by atoms with Crippen molar-refractivity contribution in [2.75, 3.05) is 18.4 Å². The van der Waals surface area contributed by atoms with Crippen molar-refractivity contribution < 1.29 is 13.2 Å². The molecule has 2 rings (SSSR count). The van der Waals surface area contributed by atoms with E-state index in [-0.39, 0.29) is 22.8 Å². The lowest BCUT2D eigenvalue weighted by Crippen LogP contribution is -2.30. The lowest BCUT2D eigenvalue weighted by molar-refractivity contribution is -0.116. The number of nitrogens with one attached hydrogen (secondary N) is 1. The number of sulfonamides is 1. The largest absolute Gasteiger partial charge is 0.325 e. The van der Waals surface area contributed by atoms with E-state index < -0.39 is 10.0 Å². The van der Waals surface area contributed by atoms with Crippen LogP contribution in [-0.2, 0) is 27.8 Å². The van der Waals surface area contributed by atoms with Crippen LogP contribution in [0.5, 0.6) is 0 Å². The summed E-state index contributed by atoms with van der Waals surface area (Å²) in [6.45, 7) is 6.85. The molecule has 0 saturated heterocycles. The molecule has 0 aliphatic carbocycles. The molecule has 1 aromatic carbocycles. The standard InChI is InChI=1S/C20H27N3O4S/c1-4-22-15-17(10-14-20(22)25)21-19(24)13-9-16-7-11-18(12-8-16)28(26,27)23(5-2)6-3/h7-8,10-12,14-15H,4-6,9,13H2,1-3H3,(H,21,24). The van der Waals surface area contributed by atoms with E-state index in [0.717, 1.165) is 5.56 Å². The Labute approximate surface area is 166 Å². The van der Waals surface area contributed by atoms with Crippen molar-refractivity contribution in [1.82, 2.24) is 8.87 Å². The molecule has 28 heavy (non-hydrogen) atoms. The normalized spacial score (nSPS) is 11.6. The molecule has 0 radical (unpaired) electrons. The van der Waals surface area contributed by atoms with Gasteiger partial charge in [-0.1, -0.05) is 26.0 Å². The summed E-state index contributed by atoms with van der Waals surface area (Å²) in [5.41, 5.74) is 1.35. The van der Waals surface area contributed by atoms with Gasteiger partial charge in [0, 0.05) is 38.3 Å². The number of aromatic nitrogens is 1. The fourth-order valence-corrected chi connectivity index (χ4v) is 4.33. The first kappa shape index (κ1) is 21.8. The van der Waals surface area contributed by atoms with Gasteiger partial charge in [-0.05, 0) is 37.1 Å². The zero-order chi connectivity index (χ0) is 20.7. The Kier molecular flexibility index (Phi) is 7.53. The lowest BCUT2D eigenvalue weighted by atomic mass is 10.1. The first-order valence-corrected chi connectivity index (χ1v) is 10.8. The van der Waals surface area contributed by atoms with Crippen LogP contribution in [0.3, 0.4) is 0 Å². The van der Waals surface area contributed by atoms with E-state index in [1.165, 1.54) is 14.9 Å². The molecule has 7 nitrogen and oxygen atoms in total. The van der Waals surface area contributed by atoms with Gasteiger partial charge in [0.15, 0.2) is 0 Å². The molecule has 0 spiro atoms. The van der Waals surface area contributed by atoms with Crippen molar-refractivity contribution in [2.24, 2.45) is 0 Å². The molecule has 1 N–H and O–H groups in total. The van der Waals surface area contributed by atoms with Gasteiger partial charge in [0.05, 0.1) is 10.6 Å². The van der Waals surface area contributed by atoms with E-state index in [9.17, 15) is 18.0 Å². The highest BCUT2D eigenvalue weighted by Gasteiger charge is 2.21. The number of pyridine rings is 1. The molecule has 0 atom stereocenters. The number of hydrogen-bond acceptors (Lipinski definition) is 4. The molecule has 0 saturated carbocycles. The molecule has 8 heteroatoms. The third-order valence-corrected chi connectivity index (χ3v) is 6.58. The van der Waals surface area contributed by atoms with Gasteiger partial charge in [-0.3, -0.25) is 9.59 Å². The van der Waals surface area contributed by atoms with E-state index in [1.807, 2.05) is 6.92 Å². The number of anilines is 1. The third kappa shape index (κ3) is 5.30. The number of carbonyl (C=O) groups is 1. The molecule has 2 aromatic rings. The van der Waals surface area contributed by atoms with Gasteiger partial charge in [-0.25, -0.2) is 8.42 Å². The Morgan fingerprint density at radius 3 is 2.25 bits per heavy atom. The number of benzene rings is 1. The lowest BCUT2D eigenvalue weighted by Gasteiger charge is -2.18. The average Bonchev–Trinajstić information content (AvgIpc) is 2.69. The van der Waals surface area contributed by atoms with Crippen LogP contribution in [0, 0.1) is 0 Å². The van der Waals surface area contributed by atoms with E-state index in [2.05, 4.69) is 5.32 Å². The molecule has 0 aliphatic heterocycles. The predicted molar refractivity (Wildman–Crippen MR) is 110 cm³/mol. The number of aryl methyl sites for hydroxylation is 2. The van der Waals surface area contributed by atoms with Gasteiger partial charge >= 0.3 is 0 Å². The Morgan fingerprint density at radius 1 is 1.04 bits per heavy atom. The number of rotatable bonds is 9. The van der Waals surface area contributed by atoms with E-state index >= 15 is 0 Å². The maximum Gasteiger partial charge on any atom is 0.250 e. The minimum absolute atomic E-state index is 0.111. The zero-order valence-electron chi connectivity index (χ0n) is 16.5. The van der Waals surface area contributed by atoms with Gasteiger partial charge < -0.3 is 9.88 Å².